The standard InChI is InChI=1S/C7H11NO4.2Na/c1-2-3-8-5(7(11)12)4-6(9)10;;/h2,5,8H,1,3-4H2,(H,9,10)(H,11,12);;/t5-;;/m0../s1. The van der Waals surface area contributed by atoms with Crippen LogP contribution in [-0.4, -0.2) is 93.9 Å². The number of hydrogen-bond donors (Lipinski definition) is 3. The molecule has 0 aromatic rings. The van der Waals surface area contributed by atoms with Gasteiger partial charge in [0.1, 0.15) is 6.04 Å². The molecule has 14 heavy (non-hydrogen) atoms. The molecule has 1 atom stereocenters. The van der Waals surface area contributed by atoms with Gasteiger partial charge < -0.3 is 15.5 Å². The van der Waals surface area contributed by atoms with Crippen LogP contribution in [0, 0.1) is 0 Å². The molecule has 0 amide bonds. The smallest absolute Gasteiger partial charge is 0.321 e. The van der Waals surface area contributed by atoms with Crippen molar-refractivity contribution in [2.24, 2.45) is 0 Å². The van der Waals surface area contributed by atoms with Gasteiger partial charge in [-0.3, -0.25) is 9.59 Å². The molecule has 0 aromatic carbocycles. The Hall–Kier alpha value is 0.640. The van der Waals surface area contributed by atoms with Gasteiger partial charge in [-0.05, 0) is 0 Å². The quantitative estimate of drug-likeness (QED) is 0.391. The Balaban J connectivity index is -0.000000605. The van der Waals surface area contributed by atoms with Gasteiger partial charge in [-0.2, -0.15) is 0 Å². The van der Waals surface area contributed by atoms with Crippen molar-refractivity contribution in [3.05, 3.63) is 12.7 Å². The van der Waals surface area contributed by atoms with Crippen LogP contribution in [0.15, 0.2) is 12.7 Å². The van der Waals surface area contributed by atoms with E-state index >= 15 is 0 Å². The van der Waals surface area contributed by atoms with E-state index in [1.807, 2.05) is 0 Å². The summed E-state index contributed by atoms with van der Waals surface area (Å²) in [7, 11) is 0. The number of rotatable bonds is 6. The first kappa shape index (κ1) is 20.1. The van der Waals surface area contributed by atoms with Crippen LogP contribution in [0.2, 0.25) is 0 Å². The van der Waals surface area contributed by atoms with Crippen LogP contribution in [0.5, 0.6) is 0 Å². The average Bonchev–Trinajstić information content (AvgIpc) is 1.96. The molecule has 2 radical (unpaired) electrons. The fourth-order valence-corrected chi connectivity index (χ4v) is 0.647. The van der Waals surface area contributed by atoms with Gasteiger partial charge in [0.15, 0.2) is 0 Å². The molecule has 0 aliphatic carbocycles. The number of hydrogen-bond acceptors (Lipinski definition) is 3. The number of aliphatic carboxylic acids is 2. The minimum Gasteiger partial charge on any atom is -0.481 e. The van der Waals surface area contributed by atoms with Crippen molar-refractivity contribution in [2.75, 3.05) is 6.54 Å². The van der Waals surface area contributed by atoms with Gasteiger partial charge in [-0.1, -0.05) is 6.08 Å². The Morgan fingerprint density at radius 3 is 2.14 bits per heavy atom. The predicted molar refractivity (Wildman–Crippen MR) is 53.4 cm³/mol. The third-order valence-electron chi connectivity index (χ3n) is 1.19. The third-order valence-corrected chi connectivity index (χ3v) is 1.19. The summed E-state index contributed by atoms with van der Waals surface area (Å²) < 4.78 is 0. The van der Waals surface area contributed by atoms with E-state index in [1.165, 1.54) is 6.08 Å². The largest absolute Gasteiger partial charge is 0.481 e. The van der Waals surface area contributed by atoms with Crippen molar-refractivity contribution in [3.8, 4) is 0 Å². The molecule has 0 aromatic heterocycles. The molecule has 0 saturated carbocycles. The third kappa shape index (κ3) is 10.7. The Morgan fingerprint density at radius 2 is 1.86 bits per heavy atom. The Labute approximate surface area is 127 Å². The SMILES string of the molecule is C=CCN[C@@H](CC(=O)O)C(=O)O.[Na].[Na]. The van der Waals surface area contributed by atoms with Crippen LogP contribution in [0.4, 0.5) is 0 Å². The molecule has 70 valence electrons. The molecule has 0 aliphatic rings. The minimum absolute atomic E-state index is 0. The van der Waals surface area contributed by atoms with E-state index in [1.54, 1.807) is 0 Å². The van der Waals surface area contributed by atoms with Crippen LogP contribution in [-0.2, 0) is 9.59 Å². The van der Waals surface area contributed by atoms with Crippen molar-refractivity contribution in [1.82, 2.24) is 5.32 Å². The van der Waals surface area contributed by atoms with Crippen LogP contribution in [0.25, 0.3) is 0 Å². The van der Waals surface area contributed by atoms with Gasteiger partial charge in [-0.15, -0.1) is 6.58 Å². The molecule has 7 heteroatoms. The number of carbonyl (C=O) groups is 2. The Morgan fingerprint density at radius 1 is 1.36 bits per heavy atom. The van der Waals surface area contributed by atoms with E-state index in [2.05, 4.69) is 11.9 Å². The Bertz CT molecular complexity index is 198. The summed E-state index contributed by atoms with van der Waals surface area (Å²) in [6.45, 7) is 3.65. The van der Waals surface area contributed by atoms with E-state index in [-0.39, 0.29) is 65.7 Å². The van der Waals surface area contributed by atoms with Crippen LogP contribution in [0.1, 0.15) is 6.42 Å². The number of carboxylic acid groups (broad SMARTS) is 2. The fraction of sp³-hybridized carbons (Fsp3) is 0.429. The molecule has 0 saturated heterocycles. The second-order valence-electron chi connectivity index (χ2n) is 2.19. The van der Waals surface area contributed by atoms with Gasteiger partial charge in [0, 0.05) is 65.7 Å². The van der Waals surface area contributed by atoms with E-state index in [4.69, 9.17) is 10.2 Å². The van der Waals surface area contributed by atoms with Gasteiger partial charge >= 0.3 is 11.9 Å². The first-order chi connectivity index (χ1) is 5.57. The maximum Gasteiger partial charge on any atom is 0.321 e. The zero-order valence-corrected chi connectivity index (χ0v) is 12.5. The second-order valence-corrected chi connectivity index (χ2v) is 2.19. The molecule has 0 rings (SSSR count). The molecular weight excluding hydrogens is 208 g/mol. The molecule has 0 fully saturated rings. The maximum absolute atomic E-state index is 10.4. The first-order valence-electron chi connectivity index (χ1n) is 3.36. The van der Waals surface area contributed by atoms with Gasteiger partial charge in [-0.25, -0.2) is 0 Å². The van der Waals surface area contributed by atoms with Crippen LogP contribution < -0.4 is 5.32 Å². The summed E-state index contributed by atoms with van der Waals surface area (Å²) >= 11 is 0. The number of carboxylic acids is 2. The zero-order valence-electron chi connectivity index (χ0n) is 8.49. The van der Waals surface area contributed by atoms with Gasteiger partial charge in [0.2, 0.25) is 0 Å². The molecule has 0 bridgehead atoms. The summed E-state index contributed by atoms with van der Waals surface area (Å²) in [5.74, 6) is -2.31. The van der Waals surface area contributed by atoms with Crippen molar-refractivity contribution in [3.63, 3.8) is 0 Å². The molecule has 0 heterocycles. The molecule has 0 unspecified atom stereocenters. The topological polar surface area (TPSA) is 86.6 Å². The first-order valence-corrected chi connectivity index (χ1v) is 3.36. The predicted octanol–water partition coefficient (Wildman–Crippen LogP) is -1.07. The Kier molecular flexibility index (Phi) is 16.8. The van der Waals surface area contributed by atoms with E-state index < -0.39 is 24.4 Å². The molecule has 5 nitrogen and oxygen atoms in total. The molecule has 0 aliphatic heterocycles. The molecule has 0 spiro atoms. The summed E-state index contributed by atoms with van der Waals surface area (Å²) in [5, 5.41) is 19.3. The van der Waals surface area contributed by atoms with Crippen molar-refractivity contribution in [2.45, 2.75) is 12.5 Å². The summed E-state index contributed by atoms with van der Waals surface area (Å²) in [6.07, 6.45) is 1.04. The maximum atomic E-state index is 10.4. The second kappa shape index (κ2) is 11.7. The molecular formula is C7H11NNa2O4. The fourth-order valence-electron chi connectivity index (χ4n) is 0.647. The minimum atomic E-state index is -1.17. The van der Waals surface area contributed by atoms with Gasteiger partial charge in [0.25, 0.3) is 0 Å². The monoisotopic (exact) mass is 219 g/mol. The van der Waals surface area contributed by atoms with Crippen molar-refractivity contribution >= 4 is 71.1 Å². The van der Waals surface area contributed by atoms with Crippen molar-refractivity contribution < 1.29 is 19.8 Å². The van der Waals surface area contributed by atoms with E-state index in [0.29, 0.717) is 0 Å². The summed E-state index contributed by atoms with van der Waals surface area (Å²) in [4.78, 5) is 20.5. The normalized spacial score (nSPS) is 10.3. The van der Waals surface area contributed by atoms with E-state index in [9.17, 15) is 9.59 Å². The average molecular weight is 219 g/mol. The summed E-state index contributed by atoms with van der Waals surface area (Å²) in [5.41, 5.74) is 0. The van der Waals surface area contributed by atoms with E-state index in [0.717, 1.165) is 0 Å². The van der Waals surface area contributed by atoms with Crippen LogP contribution in [0.3, 0.4) is 0 Å². The van der Waals surface area contributed by atoms with Gasteiger partial charge in [0.05, 0.1) is 6.42 Å². The zero-order chi connectivity index (χ0) is 9.56. The van der Waals surface area contributed by atoms with Crippen LogP contribution >= 0.6 is 0 Å². The molecule has 3 N–H and O–H groups in total. The van der Waals surface area contributed by atoms with Crippen molar-refractivity contribution in [1.29, 1.82) is 0 Å². The number of nitrogens with one attached hydrogen (secondary N) is 1. The summed E-state index contributed by atoms with van der Waals surface area (Å²) in [6, 6.07) is -1.04.